The van der Waals surface area contributed by atoms with Crippen LogP contribution in [-0.4, -0.2) is 45.3 Å². The Morgan fingerprint density at radius 2 is 1.94 bits per heavy atom. The molecule has 0 saturated carbocycles. The number of carbonyl (C=O) groups is 2. The van der Waals surface area contributed by atoms with Gasteiger partial charge in [0, 0.05) is 37.1 Å². The molecule has 1 amide bonds. The summed E-state index contributed by atoms with van der Waals surface area (Å²) in [6, 6.07) is 6.04. The summed E-state index contributed by atoms with van der Waals surface area (Å²) >= 11 is 0. The second-order valence-electron chi connectivity index (χ2n) is 8.42. The van der Waals surface area contributed by atoms with Crippen LogP contribution < -0.4 is 14.4 Å². The SMILES string of the molecule is CCCC(=O)c1cc(C#N)c(N2CCC(C(=O)NS(=O)(=O)Cc3ccc(F)cc3F)CC2)nc1OC. The van der Waals surface area contributed by atoms with Gasteiger partial charge in [0.2, 0.25) is 21.8 Å². The lowest BCUT2D eigenvalue weighted by Gasteiger charge is -2.32. The van der Waals surface area contributed by atoms with Gasteiger partial charge in [0.05, 0.1) is 24.0 Å². The average molecular weight is 521 g/mol. The minimum atomic E-state index is -4.20. The Kier molecular flexibility index (Phi) is 8.57. The van der Waals surface area contributed by atoms with E-state index in [1.807, 2.05) is 11.6 Å². The van der Waals surface area contributed by atoms with E-state index in [1.165, 1.54) is 13.2 Å². The third-order valence-corrected chi connectivity index (χ3v) is 7.04. The summed E-state index contributed by atoms with van der Waals surface area (Å²) in [5.41, 5.74) is 0.176. The number of halogens is 2. The second kappa shape index (κ2) is 11.4. The normalized spacial score (nSPS) is 14.2. The highest BCUT2D eigenvalue weighted by atomic mass is 32.2. The Morgan fingerprint density at radius 1 is 1.25 bits per heavy atom. The van der Waals surface area contributed by atoms with E-state index in [0.29, 0.717) is 37.8 Å². The number of amides is 1. The van der Waals surface area contributed by atoms with Crippen molar-refractivity contribution in [3.8, 4) is 11.9 Å². The highest BCUT2D eigenvalue weighted by molar-refractivity contribution is 7.89. The molecule has 1 aliphatic heterocycles. The summed E-state index contributed by atoms with van der Waals surface area (Å²) < 4.78 is 58.9. The Morgan fingerprint density at radius 3 is 2.53 bits per heavy atom. The average Bonchev–Trinajstić information content (AvgIpc) is 2.84. The van der Waals surface area contributed by atoms with Crippen molar-refractivity contribution in [2.45, 2.75) is 38.4 Å². The van der Waals surface area contributed by atoms with E-state index in [-0.39, 0.29) is 41.2 Å². The predicted molar refractivity (Wildman–Crippen MR) is 127 cm³/mol. The molecule has 0 spiro atoms. The van der Waals surface area contributed by atoms with Crippen LogP contribution in [0, 0.1) is 28.9 Å². The Balaban J connectivity index is 1.68. The maximum atomic E-state index is 13.8. The Hall–Kier alpha value is -3.59. The number of ketones is 1. The molecule has 1 aromatic carbocycles. The molecule has 0 radical (unpaired) electrons. The fourth-order valence-electron chi connectivity index (χ4n) is 4.00. The van der Waals surface area contributed by atoms with Crippen molar-refractivity contribution in [1.29, 1.82) is 5.26 Å². The zero-order chi connectivity index (χ0) is 26.5. The van der Waals surface area contributed by atoms with Crippen molar-refractivity contribution in [1.82, 2.24) is 9.71 Å². The molecule has 1 aliphatic rings. The molecule has 1 saturated heterocycles. The van der Waals surface area contributed by atoms with Gasteiger partial charge in [-0.05, 0) is 31.4 Å². The van der Waals surface area contributed by atoms with Crippen molar-refractivity contribution in [2.75, 3.05) is 25.1 Å². The number of aromatic nitrogens is 1. The van der Waals surface area contributed by atoms with Crippen LogP contribution in [0.2, 0.25) is 0 Å². The monoisotopic (exact) mass is 520 g/mol. The first-order chi connectivity index (χ1) is 17.1. The highest BCUT2D eigenvalue weighted by Crippen LogP contribution is 2.30. The third kappa shape index (κ3) is 6.34. The van der Waals surface area contributed by atoms with Crippen LogP contribution in [0.5, 0.6) is 5.88 Å². The van der Waals surface area contributed by atoms with Crippen molar-refractivity contribution in [3.05, 3.63) is 52.6 Å². The van der Waals surface area contributed by atoms with Crippen LogP contribution in [0.1, 0.15) is 54.1 Å². The van der Waals surface area contributed by atoms with Gasteiger partial charge in [-0.15, -0.1) is 0 Å². The van der Waals surface area contributed by atoms with E-state index >= 15 is 0 Å². The van der Waals surface area contributed by atoms with Crippen LogP contribution >= 0.6 is 0 Å². The number of sulfonamides is 1. The quantitative estimate of drug-likeness (QED) is 0.500. The summed E-state index contributed by atoms with van der Waals surface area (Å²) in [7, 11) is -2.82. The van der Waals surface area contributed by atoms with Gasteiger partial charge in [-0.25, -0.2) is 17.2 Å². The number of nitriles is 1. The number of piperidine rings is 1. The molecule has 1 aromatic heterocycles. The highest BCUT2D eigenvalue weighted by Gasteiger charge is 2.30. The van der Waals surface area contributed by atoms with Gasteiger partial charge in [0.1, 0.15) is 17.7 Å². The standard InChI is InChI=1S/C24H26F2N4O5S/c1-3-4-21(31)19-11-17(13-27)22(28-24(19)35-2)30-9-7-15(8-10-30)23(32)29-36(33,34)14-16-5-6-18(25)12-20(16)26/h5-6,11-12,15H,3-4,7-10,14H2,1-2H3,(H,29,32). The topological polar surface area (TPSA) is 129 Å². The molecule has 0 aliphatic carbocycles. The number of nitrogens with zero attached hydrogens (tertiary/aromatic N) is 3. The molecule has 0 bridgehead atoms. The molecule has 1 fully saturated rings. The first-order valence-electron chi connectivity index (χ1n) is 11.3. The number of hydrogen-bond donors (Lipinski definition) is 1. The van der Waals surface area contributed by atoms with Crippen molar-refractivity contribution < 1.29 is 31.5 Å². The fraction of sp³-hybridized carbons (Fsp3) is 0.417. The van der Waals surface area contributed by atoms with Gasteiger partial charge < -0.3 is 9.64 Å². The first kappa shape index (κ1) is 27.0. The van der Waals surface area contributed by atoms with Crippen LogP contribution in [0.3, 0.4) is 0 Å². The maximum absolute atomic E-state index is 13.8. The molecular formula is C24H26F2N4O5S. The number of nitrogens with one attached hydrogen (secondary N) is 1. The number of carbonyl (C=O) groups excluding carboxylic acids is 2. The molecule has 36 heavy (non-hydrogen) atoms. The van der Waals surface area contributed by atoms with Crippen LogP contribution in [0.4, 0.5) is 14.6 Å². The molecule has 0 atom stereocenters. The van der Waals surface area contributed by atoms with Gasteiger partial charge in [-0.1, -0.05) is 13.0 Å². The summed E-state index contributed by atoms with van der Waals surface area (Å²) in [5.74, 6) is -3.75. The van der Waals surface area contributed by atoms with Gasteiger partial charge in [0.15, 0.2) is 11.6 Å². The largest absolute Gasteiger partial charge is 0.480 e. The molecule has 0 unspecified atom stereocenters. The predicted octanol–water partition coefficient (Wildman–Crippen LogP) is 3.09. The van der Waals surface area contributed by atoms with Crippen LogP contribution in [0.25, 0.3) is 0 Å². The van der Waals surface area contributed by atoms with Crippen LogP contribution in [0.15, 0.2) is 24.3 Å². The number of benzene rings is 1. The number of ether oxygens (including phenoxy) is 1. The molecule has 3 rings (SSSR count). The number of hydrogen-bond acceptors (Lipinski definition) is 8. The number of Topliss-reactive ketones (excluding diaryl/α,β-unsaturated/α-hetero) is 1. The van der Waals surface area contributed by atoms with Gasteiger partial charge in [-0.2, -0.15) is 10.2 Å². The van der Waals surface area contributed by atoms with Gasteiger partial charge >= 0.3 is 0 Å². The lowest BCUT2D eigenvalue weighted by atomic mass is 9.96. The Labute approximate surface area is 208 Å². The zero-order valence-corrected chi connectivity index (χ0v) is 20.7. The molecular weight excluding hydrogens is 494 g/mol. The van der Waals surface area contributed by atoms with Crippen molar-refractivity contribution in [3.63, 3.8) is 0 Å². The van der Waals surface area contributed by atoms with E-state index < -0.39 is 39.2 Å². The molecule has 2 heterocycles. The Bertz CT molecular complexity index is 1300. The van der Waals surface area contributed by atoms with Gasteiger partial charge in [0.25, 0.3) is 0 Å². The molecule has 192 valence electrons. The van der Waals surface area contributed by atoms with E-state index in [4.69, 9.17) is 4.74 Å². The summed E-state index contributed by atoms with van der Waals surface area (Å²) in [5, 5.41) is 9.63. The van der Waals surface area contributed by atoms with Crippen molar-refractivity contribution in [2.24, 2.45) is 5.92 Å². The lowest BCUT2D eigenvalue weighted by Crippen LogP contribution is -2.43. The first-order valence-corrected chi connectivity index (χ1v) is 13.0. The van der Waals surface area contributed by atoms with E-state index in [9.17, 15) is 32.0 Å². The molecule has 2 aromatic rings. The van der Waals surface area contributed by atoms with E-state index in [2.05, 4.69) is 11.1 Å². The zero-order valence-electron chi connectivity index (χ0n) is 19.9. The third-order valence-electron chi connectivity index (χ3n) is 5.84. The molecule has 12 heteroatoms. The molecule has 9 nitrogen and oxygen atoms in total. The van der Waals surface area contributed by atoms with E-state index in [0.717, 1.165) is 12.1 Å². The summed E-state index contributed by atoms with van der Waals surface area (Å²) in [6.45, 7) is 2.47. The number of methoxy groups -OCH3 is 1. The van der Waals surface area contributed by atoms with Crippen LogP contribution in [-0.2, 0) is 20.6 Å². The maximum Gasteiger partial charge on any atom is 0.239 e. The minimum Gasteiger partial charge on any atom is -0.480 e. The molecule has 1 N–H and O–H groups in total. The minimum absolute atomic E-state index is 0.112. The summed E-state index contributed by atoms with van der Waals surface area (Å²) in [4.78, 5) is 31.2. The fourth-order valence-corrected chi connectivity index (χ4v) is 5.19. The van der Waals surface area contributed by atoms with Gasteiger partial charge in [-0.3, -0.25) is 14.3 Å². The number of anilines is 1. The smallest absolute Gasteiger partial charge is 0.239 e. The summed E-state index contributed by atoms with van der Waals surface area (Å²) in [6.07, 6.45) is 1.48. The number of rotatable bonds is 9. The van der Waals surface area contributed by atoms with Crippen molar-refractivity contribution >= 4 is 27.5 Å². The number of pyridine rings is 1. The lowest BCUT2D eigenvalue weighted by molar-refractivity contribution is -0.123. The van der Waals surface area contributed by atoms with E-state index in [1.54, 1.807) is 4.90 Å². The second-order valence-corrected chi connectivity index (χ2v) is 10.1.